The Hall–Kier alpha value is -0.800. The fraction of sp³-hybridized carbons (Fsp3) is 0.154. The predicted molar refractivity (Wildman–Crippen MR) is 93.0 cm³/mol. The minimum atomic E-state index is -3.55. The third-order valence-electron chi connectivity index (χ3n) is 2.84. The minimum Gasteiger partial charge on any atom is -0.389 e. The summed E-state index contributed by atoms with van der Waals surface area (Å²) in [6, 6.07) is 10.7. The third-order valence-corrected chi connectivity index (χ3v) is 7.35. The molecular formula is C13H13BrN2O2S3. The van der Waals surface area contributed by atoms with E-state index in [0.29, 0.717) is 4.88 Å². The van der Waals surface area contributed by atoms with Crippen molar-refractivity contribution in [1.82, 2.24) is 4.31 Å². The molecule has 2 aromatic rings. The second kappa shape index (κ2) is 6.53. The van der Waals surface area contributed by atoms with Crippen LogP contribution in [0, 0.1) is 0 Å². The van der Waals surface area contributed by atoms with Gasteiger partial charge in [-0.05, 0) is 23.8 Å². The van der Waals surface area contributed by atoms with Crippen molar-refractivity contribution >= 4 is 54.5 Å². The zero-order valence-electron chi connectivity index (χ0n) is 11.1. The van der Waals surface area contributed by atoms with E-state index >= 15 is 0 Å². The summed E-state index contributed by atoms with van der Waals surface area (Å²) in [5, 5.41) is 0. The Morgan fingerprint density at radius 2 is 2.00 bits per heavy atom. The van der Waals surface area contributed by atoms with Crippen LogP contribution in [-0.2, 0) is 16.6 Å². The van der Waals surface area contributed by atoms with Gasteiger partial charge in [0.25, 0.3) is 10.0 Å². The maximum atomic E-state index is 12.5. The molecule has 0 spiro atoms. The van der Waals surface area contributed by atoms with Gasteiger partial charge in [-0.2, -0.15) is 4.31 Å². The Morgan fingerprint density at radius 3 is 2.57 bits per heavy atom. The van der Waals surface area contributed by atoms with E-state index in [1.165, 1.54) is 10.4 Å². The normalized spacial score (nSPS) is 11.8. The van der Waals surface area contributed by atoms with Crippen molar-refractivity contribution < 1.29 is 8.42 Å². The summed E-state index contributed by atoms with van der Waals surface area (Å²) < 4.78 is 27.5. The summed E-state index contributed by atoms with van der Waals surface area (Å²) in [6.07, 6.45) is 0. The first-order valence-electron chi connectivity index (χ1n) is 5.92. The number of nitrogens with zero attached hydrogens (tertiary/aromatic N) is 1. The second-order valence-electron chi connectivity index (χ2n) is 4.34. The van der Waals surface area contributed by atoms with Gasteiger partial charge in [-0.3, -0.25) is 0 Å². The van der Waals surface area contributed by atoms with E-state index in [1.54, 1.807) is 13.1 Å². The van der Waals surface area contributed by atoms with Crippen LogP contribution in [-0.4, -0.2) is 24.8 Å². The number of sulfonamides is 1. The molecular weight excluding hydrogens is 392 g/mol. The van der Waals surface area contributed by atoms with Crippen LogP contribution in [0.15, 0.2) is 45.1 Å². The highest BCUT2D eigenvalue weighted by Crippen LogP contribution is 2.26. The Balaban J connectivity index is 2.26. The summed E-state index contributed by atoms with van der Waals surface area (Å²) in [4.78, 5) is 0.799. The maximum absolute atomic E-state index is 12.5. The molecule has 0 fully saturated rings. The predicted octanol–water partition coefficient (Wildman–Crippen LogP) is 2.97. The van der Waals surface area contributed by atoms with Gasteiger partial charge < -0.3 is 5.73 Å². The molecule has 0 saturated heterocycles. The van der Waals surface area contributed by atoms with Crippen molar-refractivity contribution in [1.29, 1.82) is 0 Å². The maximum Gasteiger partial charge on any atom is 0.252 e. The molecule has 0 amide bonds. The van der Waals surface area contributed by atoms with Crippen LogP contribution >= 0.6 is 39.5 Å². The highest BCUT2D eigenvalue weighted by Gasteiger charge is 2.23. The van der Waals surface area contributed by atoms with Gasteiger partial charge >= 0.3 is 0 Å². The highest BCUT2D eigenvalue weighted by molar-refractivity contribution is 9.10. The van der Waals surface area contributed by atoms with E-state index in [0.717, 1.165) is 21.4 Å². The van der Waals surface area contributed by atoms with Gasteiger partial charge in [0, 0.05) is 18.1 Å². The fourth-order valence-corrected chi connectivity index (χ4v) is 4.82. The van der Waals surface area contributed by atoms with Crippen LogP contribution in [0.25, 0.3) is 0 Å². The number of halogens is 1. The topological polar surface area (TPSA) is 63.4 Å². The number of rotatable bonds is 5. The number of thiophene rings is 1. The van der Waals surface area contributed by atoms with Gasteiger partial charge in [0.05, 0.1) is 4.88 Å². The van der Waals surface area contributed by atoms with Crippen molar-refractivity contribution in [2.75, 3.05) is 7.05 Å². The Morgan fingerprint density at radius 1 is 1.33 bits per heavy atom. The van der Waals surface area contributed by atoms with Crippen molar-refractivity contribution in [3.05, 3.63) is 51.3 Å². The third kappa shape index (κ3) is 3.70. The molecule has 1 aromatic heterocycles. The van der Waals surface area contributed by atoms with E-state index in [1.807, 2.05) is 24.3 Å². The van der Waals surface area contributed by atoms with Crippen molar-refractivity contribution in [2.24, 2.45) is 5.73 Å². The lowest BCUT2D eigenvalue weighted by atomic mass is 10.2. The van der Waals surface area contributed by atoms with Crippen molar-refractivity contribution in [3.63, 3.8) is 0 Å². The molecule has 21 heavy (non-hydrogen) atoms. The second-order valence-corrected chi connectivity index (χ2v) is 8.99. The average molecular weight is 405 g/mol. The van der Waals surface area contributed by atoms with Crippen LogP contribution in [0.4, 0.5) is 0 Å². The standard InChI is InChI=1S/C13H13BrN2O2S3/c1-16(8-9-4-2-3-5-10(9)14)21(17,18)12-7-6-11(20-12)13(15)19/h2-7H,8H2,1H3,(H2,15,19). The Labute approximate surface area is 141 Å². The van der Waals surface area contributed by atoms with Gasteiger partial charge in [-0.25, -0.2) is 8.42 Å². The molecule has 4 nitrogen and oxygen atoms in total. The van der Waals surface area contributed by atoms with Crippen LogP contribution in [0.3, 0.4) is 0 Å². The van der Waals surface area contributed by atoms with Gasteiger partial charge in [0.2, 0.25) is 0 Å². The van der Waals surface area contributed by atoms with Gasteiger partial charge in [0.15, 0.2) is 0 Å². The zero-order valence-corrected chi connectivity index (χ0v) is 15.2. The monoisotopic (exact) mass is 404 g/mol. The molecule has 112 valence electrons. The number of hydrogen-bond acceptors (Lipinski definition) is 4. The molecule has 0 unspecified atom stereocenters. The van der Waals surface area contributed by atoms with Gasteiger partial charge in [-0.1, -0.05) is 46.3 Å². The molecule has 0 aliphatic rings. The molecule has 0 atom stereocenters. The lowest BCUT2D eigenvalue weighted by Gasteiger charge is -2.16. The van der Waals surface area contributed by atoms with Gasteiger partial charge in [-0.15, -0.1) is 11.3 Å². The molecule has 0 aliphatic heterocycles. The Kier molecular flexibility index (Phi) is 5.15. The summed E-state index contributed by atoms with van der Waals surface area (Å²) in [5.74, 6) is 0. The van der Waals surface area contributed by atoms with Crippen molar-refractivity contribution in [2.45, 2.75) is 10.8 Å². The number of hydrogen-bond donors (Lipinski definition) is 1. The van der Waals surface area contributed by atoms with Crippen LogP contribution in [0.5, 0.6) is 0 Å². The first kappa shape index (κ1) is 16.6. The quantitative estimate of drug-likeness (QED) is 0.777. The average Bonchev–Trinajstić information content (AvgIpc) is 2.91. The summed E-state index contributed by atoms with van der Waals surface area (Å²) in [7, 11) is -2.00. The Bertz CT molecular complexity index is 771. The summed E-state index contributed by atoms with van der Waals surface area (Å²) in [6.45, 7) is 0.282. The smallest absolute Gasteiger partial charge is 0.252 e. The highest BCUT2D eigenvalue weighted by atomic mass is 79.9. The van der Waals surface area contributed by atoms with Crippen LogP contribution in [0.1, 0.15) is 10.4 Å². The van der Waals surface area contributed by atoms with E-state index in [9.17, 15) is 8.42 Å². The van der Waals surface area contributed by atoms with Gasteiger partial charge in [0.1, 0.15) is 9.20 Å². The van der Waals surface area contributed by atoms with Crippen LogP contribution < -0.4 is 5.73 Å². The number of thiocarbonyl (C=S) groups is 1. The summed E-state index contributed by atoms with van der Waals surface area (Å²) >= 11 is 9.36. The first-order chi connectivity index (χ1) is 9.82. The first-order valence-corrected chi connectivity index (χ1v) is 9.37. The summed E-state index contributed by atoms with van der Waals surface area (Å²) in [5.41, 5.74) is 6.41. The molecule has 1 aromatic carbocycles. The SMILES string of the molecule is CN(Cc1ccccc1Br)S(=O)(=O)c1ccc(C(N)=S)s1. The minimum absolute atomic E-state index is 0.204. The molecule has 2 N–H and O–H groups in total. The van der Waals surface area contributed by atoms with E-state index in [-0.39, 0.29) is 15.7 Å². The largest absolute Gasteiger partial charge is 0.389 e. The number of benzene rings is 1. The zero-order chi connectivity index (χ0) is 15.6. The molecule has 0 bridgehead atoms. The fourth-order valence-electron chi connectivity index (χ4n) is 1.70. The molecule has 8 heteroatoms. The molecule has 1 heterocycles. The van der Waals surface area contributed by atoms with E-state index in [4.69, 9.17) is 18.0 Å². The lowest BCUT2D eigenvalue weighted by Crippen LogP contribution is -2.26. The van der Waals surface area contributed by atoms with Crippen molar-refractivity contribution in [3.8, 4) is 0 Å². The van der Waals surface area contributed by atoms with E-state index in [2.05, 4.69) is 15.9 Å². The molecule has 0 radical (unpaired) electrons. The lowest BCUT2D eigenvalue weighted by molar-refractivity contribution is 0.468. The van der Waals surface area contributed by atoms with Crippen LogP contribution in [0.2, 0.25) is 0 Å². The molecule has 0 saturated carbocycles. The van der Waals surface area contributed by atoms with E-state index < -0.39 is 10.0 Å². The molecule has 2 rings (SSSR count). The molecule has 0 aliphatic carbocycles. The number of nitrogens with two attached hydrogens (primary N) is 1.